The van der Waals surface area contributed by atoms with Gasteiger partial charge in [-0.1, -0.05) is 0 Å². The van der Waals surface area contributed by atoms with Crippen LogP contribution < -0.4 is 10.6 Å². The Morgan fingerprint density at radius 2 is 2.11 bits per heavy atom. The first kappa shape index (κ1) is 14.0. The van der Waals surface area contributed by atoms with Crippen LogP contribution in [0.4, 0.5) is 5.69 Å². The highest BCUT2D eigenvalue weighted by Gasteiger charge is 2.06. The molecule has 1 heterocycles. The van der Waals surface area contributed by atoms with E-state index >= 15 is 0 Å². The van der Waals surface area contributed by atoms with Gasteiger partial charge in [-0.3, -0.25) is 14.6 Å². The van der Waals surface area contributed by atoms with Crippen LogP contribution in [-0.2, 0) is 4.79 Å². The predicted molar refractivity (Wildman–Crippen MR) is 69.4 cm³/mol. The van der Waals surface area contributed by atoms with E-state index in [9.17, 15) is 9.59 Å². The third kappa shape index (κ3) is 4.04. The van der Waals surface area contributed by atoms with E-state index in [-0.39, 0.29) is 11.8 Å². The number of carbonyl (C=O) groups is 2. The lowest BCUT2D eigenvalue weighted by molar-refractivity contribution is -0.128. The first-order chi connectivity index (χ1) is 8.54. The van der Waals surface area contributed by atoms with Gasteiger partial charge in [0.15, 0.2) is 0 Å². The Hall–Kier alpha value is -2.11. The van der Waals surface area contributed by atoms with Crippen LogP contribution in [0.2, 0.25) is 0 Å². The van der Waals surface area contributed by atoms with Crippen LogP contribution in [0, 0.1) is 0 Å². The van der Waals surface area contributed by atoms with Crippen molar-refractivity contribution in [1.82, 2.24) is 15.2 Å². The molecule has 6 heteroatoms. The van der Waals surface area contributed by atoms with Crippen molar-refractivity contribution in [1.29, 1.82) is 0 Å². The molecule has 0 spiro atoms. The molecule has 98 valence electrons. The Balaban J connectivity index is 2.53. The van der Waals surface area contributed by atoms with E-state index in [0.29, 0.717) is 18.7 Å². The van der Waals surface area contributed by atoms with Gasteiger partial charge in [-0.2, -0.15) is 0 Å². The molecule has 0 aromatic carbocycles. The predicted octanol–water partition coefficient (Wildman–Crippen LogP) is 0.331. The van der Waals surface area contributed by atoms with Crippen molar-refractivity contribution in [3.63, 3.8) is 0 Å². The summed E-state index contributed by atoms with van der Waals surface area (Å²) in [7, 11) is 5.00. The molecule has 1 aromatic heterocycles. The van der Waals surface area contributed by atoms with Gasteiger partial charge in [0.25, 0.3) is 5.91 Å². The van der Waals surface area contributed by atoms with Gasteiger partial charge in [0.05, 0.1) is 0 Å². The van der Waals surface area contributed by atoms with Crippen molar-refractivity contribution in [3.05, 3.63) is 24.0 Å². The Morgan fingerprint density at radius 1 is 1.39 bits per heavy atom. The second-order valence-electron chi connectivity index (χ2n) is 3.97. The van der Waals surface area contributed by atoms with Crippen LogP contribution in [0.15, 0.2) is 18.3 Å². The third-order valence-corrected chi connectivity index (χ3v) is 2.39. The molecular formula is C12H18N4O2. The van der Waals surface area contributed by atoms with Gasteiger partial charge in [0, 0.05) is 46.0 Å². The highest BCUT2D eigenvalue weighted by molar-refractivity contribution is 5.92. The normalized spacial score (nSPS) is 9.72. The van der Waals surface area contributed by atoms with Crippen LogP contribution in [0.1, 0.15) is 16.9 Å². The van der Waals surface area contributed by atoms with Crippen LogP contribution in [-0.4, -0.2) is 49.4 Å². The van der Waals surface area contributed by atoms with Gasteiger partial charge in [0.1, 0.15) is 5.69 Å². The molecule has 0 fully saturated rings. The van der Waals surface area contributed by atoms with Gasteiger partial charge < -0.3 is 15.5 Å². The third-order valence-electron chi connectivity index (χ3n) is 2.39. The zero-order valence-corrected chi connectivity index (χ0v) is 10.9. The summed E-state index contributed by atoms with van der Waals surface area (Å²) in [6.45, 7) is 0.522. The Labute approximate surface area is 106 Å². The molecule has 2 N–H and O–H groups in total. The Bertz CT molecular complexity index is 432. The van der Waals surface area contributed by atoms with Gasteiger partial charge in [-0.15, -0.1) is 0 Å². The van der Waals surface area contributed by atoms with Gasteiger partial charge in [-0.05, 0) is 12.1 Å². The van der Waals surface area contributed by atoms with Crippen molar-refractivity contribution in [2.45, 2.75) is 6.42 Å². The largest absolute Gasteiger partial charge is 0.384 e. The molecule has 0 atom stereocenters. The SMILES string of the molecule is CNC(=O)c1cc(NCCC(=O)N(C)C)ccn1. The summed E-state index contributed by atoms with van der Waals surface area (Å²) in [5.74, 6) is -0.175. The number of pyridine rings is 1. The fourth-order valence-electron chi connectivity index (χ4n) is 1.33. The summed E-state index contributed by atoms with van der Waals surface area (Å²) in [6, 6.07) is 3.41. The average molecular weight is 250 g/mol. The highest BCUT2D eigenvalue weighted by Crippen LogP contribution is 2.07. The summed E-state index contributed by atoms with van der Waals surface area (Å²) in [4.78, 5) is 28.2. The summed E-state index contributed by atoms with van der Waals surface area (Å²) < 4.78 is 0. The van der Waals surface area contributed by atoms with E-state index < -0.39 is 0 Å². The van der Waals surface area contributed by atoms with E-state index in [1.165, 1.54) is 0 Å². The molecule has 0 saturated heterocycles. The quantitative estimate of drug-likeness (QED) is 0.790. The molecule has 0 aliphatic carbocycles. The molecular weight excluding hydrogens is 232 g/mol. The fraction of sp³-hybridized carbons (Fsp3) is 0.417. The summed E-state index contributed by atoms with van der Waals surface area (Å²) in [6.07, 6.45) is 1.96. The second kappa shape index (κ2) is 6.58. The molecule has 18 heavy (non-hydrogen) atoms. The number of hydrogen-bond acceptors (Lipinski definition) is 4. The molecule has 0 radical (unpaired) electrons. The Morgan fingerprint density at radius 3 is 2.72 bits per heavy atom. The summed E-state index contributed by atoms with van der Waals surface area (Å²) in [5, 5.41) is 5.59. The minimum atomic E-state index is -0.233. The highest BCUT2D eigenvalue weighted by atomic mass is 16.2. The number of aromatic nitrogens is 1. The summed E-state index contributed by atoms with van der Waals surface area (Å²) in [5.41, 5.74) is 1.12. The van der Waals surface area contributed by atoms with E-state index in [1.54, 1.807) is 44.4 Å². The van der Waals surface area contributed by atoms with Crippen LogP contribution in [0.5, 0.6) is 0 Å². The van der Waals surface area contributed by atoms with Crippen molar-refractivity contribution in [2.24, 2.45) is 0 Å². The van der Waals surface area contributed by atoms with E-state index in [0.717, 1.165) is 5.69 Å². The number of anilines is 1. The lowest BCUT2D eigenvalue weighted by atomic mass is 10.3. The molecule has 0 unspecified atom stereocenters. The molecule has 2 amide bonds. The molecule has 0 saturated carbocycles. The van der Waals surface area contributed by atoms with Crippen LogP contribution in [0.25, 0.3) is 0 Å². The van der Waals surface area contributed by atoms with Gasteiger partial charge in [-0.25, -0.2) is 0 Å². The lowest BCUT2D eigenvalue weighted by Crippen LogP contribution is -2.24. The molecule has 0 aliphatic rings. The van der Waals surface area contributed by atoms with Crippen LogP contribution in [0.3, 0.4) is 0 Å². The number of nitrogens with one attached hydrogen (secondary N) is 2. The maximum Gasteiger partial charge on any atom is 0.269 e. The van der Waals surface area contributed by atoms with Crippen molar-refractivity contribution in [2.75, 3.05) is 33.0 Å². The topological polar surface area (TPSA) is 74.3 Å². The first-order valence-corrected chi connectivity index (χ1v) is 5.66. The van der Waals surface area contributed by atoms with E-state index in [1.807, 2.05) is 0 Å². The molecule has 1 aromatic rings. The average Bonchev–Trinajstić information content (AvgIpc) is 2.37. The number of nitrogens with zero attached hydrogens (tertiary/aromatic N) is 2. The van der Waals surface area contributed by atoms with Crippen LogP contribution >= 0.6 is 0 Å². The van der Waals surface area contributed by atoms with Gasteiger partial charge >= 0.3 is 0 Å². The molecule has 1 rings (SSSR count). The molecule has 0 aliphatic heterocycles. The summed E-state index contributed by atoms with van der Waals surface area (Å²) >= 11 is 0. The van der Waals surface area contributed by atoms with Gasteiger partial charge in [0.2, 0.25) is 5.91 Å². The zero-order valence-electron chi connectivity index (χ0n) is 10.9. The molecule has 6 nitrogen and oxygen atoms in total. The Kier molecular flexibility index (Phi) is 5.10. The smallest absolute Gasteiger partial charge is 0.269 e. The first-order valence-electron chi connectivity index (χ1n) is 5.66. The number of carbonyl (C=O) groups excluding carboxylic acids is 2. The molecule has 0 bridgehead atoms. The standard InChI is InChI=1S/C12H18N4O2/c1-13-12(18)10-8-9(4-6-15-10)14-7-5-11(17)16(2)3/h4,6,8H,5,7H2,1-3H3,(H,13,18)(H,14,15). The van der Waals surface area contributed by atoms with E-state index in [4.69, 9.17) is 0 Å². The fourth-order valence-corrected chi connectivity index (χ4v) is 1.33. The maximum atomic E-state index is 11.4. The minimum absolute atomic E-state index is 0.0584. The number of amides is 2. The zero-order chi connectivity index (χ0) is 13.5. The van der Waals surface area contributed by atoms with Crippen molar-refractivity contribution >= 4 is 17.5 Å². The van der Waals surface area contributed by atoms with Crippen molar-refractivity contribution in [3.8, 4) is 0 Å². The minimum Gasteiger partial charge on any atom is -0.384 e. The maximum absolute atomic E-state index is 11.4. The van der Waals surface area contributed by atoms with E-state index in [2.05, 4.69) is 15.6 Å². The number of hydrogen-bond donors (Lipinski definition) is 2. The monoisotopic (exact) mass is 250 g/mol. The second-order valence-corrected chi connectivity index (χ2v) is 3.97. The van der Waals surface area contributed by atoms with Crippen molar-refractivity contribution < 1.29 is 9.59 Å². The lowest BCUT2D eigenvalue weighted by Gasteiger charge is -2.11. The number of rotatable bonds is 5.